The molecule has 408 valence electrons. The summed E-state index contributed by atoms with van der Waals surface area (Å²) >= 11 is 0. The highest BCUT2D eigenvalue weighted by Crippen LogP contribution is 2.68. The number of hydrogen-bond donors (Lipinski definition) is 5. The molecule has 0 spiro atoms. The molecule has 4 aromatic carbocycles. The minimum Gasteiger partial charge on any atom is -0.427 e. The van der Waals surface area contributed by atoms with E-state index in [1.165, 1.54) is 16.7 Å². The van der Waals surface area contributed by atoms with Crippen LogP contribution in [0.4, 0.5) is 0 Å². The highest BCUT2D eigenvalue weighted by molar-refractivity contribution is 6.00. The Morgan fingerprint density at radius 3 is 1.46 bits per heavy atom. The second-order valence-electron chi connectivity index (χ2n) is 25.1. The van der Waals surface area contributed by atoms with Crippen molar-refractivity contribution in [2.24, 2.45) is 46.3 Å². The summed E-state index contributed by atoms with van der Waals surface area (Å²) in [4.78, 5) is 32.5. The van der Waals surface area contributed by atoms with Crippen molar-refractivity contribution in [3.8, 4) is 50.3 Å². The van der Waals surface area contributed by atoms with E-state index in [-0.39, 0.29) is 64.8 Å². The highest BCUT2D eigenvalue weighted by atomic mass is 16.5. The predicted octanol–water partition coefficient (Wildman–Crippen LogP) is 15.5. The number of fused-ring (bicyclic) bond motifs is 13. The van der Waals surface area contributed by atoms with Crippen LogP contribution in [0.2, 0.25) is 0 Å². The second kappa shape index (κ2) is 20.4. The third-order valence-corrected chi connectivity index (χ3v) is 20.5. The maximum Gasteiger partial charge on any atom is 0.311 e. The van der Waals surface area contributed by atoms with Crippen LogP contribution in [0.5, 0.6) is 5.75 Å². The molecule has 5 heterocycles. The first-order valence-electron chi connectivity index (χ1n) is 29.4. The number of aliphatic hydroxyl groups excluding tert-OH is 3. The lowest BCUT2D eigenvalue weighted by molar-refractivity contribution is -0.207. The van der Waals surface area contributed by atoms with Gasteiger partial charge in [0, 0.05) is 50.7 Å². The predicted molar refractivity (Wildman–Crippen MR) is 323 cm³/mol. The van der Waals surface area contributed by atoms with E-state index in [4.69, 9.17) is 14.7 Å². The molecule has 4 saturated carbocycles. The number of nitrogens with one attached hydrogen (secondary N) is 2. The number of aliphatic hydroxyl groups is 3. The molecule has 11 atom stereocenters. The summed E-state index contributed by atoms with van der Waals surface area (Å²) in [6, 6.07) is 42.3. The van der Waals surface area contributed by atoms with Crippen LogP contribution in [0.1, 0.15) is 118 Å². The number of rotatable bonds is 9. The average Bonchev–Trinajstić information content (AvgIpc) is 4.42. The van der Waals surface area contributed by atoms with Crippen LogP contribution in [0.3, 0.4) is 0 Å². The van der Waals surface area contributed by atoms with Gasteiger partial charge in [-0.15, -0.1) is 0 Å². The molecule has 0 saturated heterocycles. The van der Waals surface area contributed by atoms with Gasteiger partial charge in [0.1, 0.15) is 5.75 Å². The Morgan fingerprint density at radius 1 is 0.575 bits per heavy atom. The molecule has 5 N–H and O–H groups in total. The van der Waals surface area contributed by atoms with Crippen molar-refractivity contribution in [1.29, 1.82) is 0 Å². The molecule has 7 aromatic rings. The molecule has 80 heavy (non-hydrogen) atoms. The van der Waals surface area contributed by atoms with Crippen LogP contribution in [0.15, 0.2) is 121 Å². The molecule has 2 aliphatic heterocycles. The summed E-state index contributed by atoms with van der Waals surface area (Å²) in [5.41, 5.74) is 18.2. The number of benzene rings is 4. The lowest BCUT2D eigenvalue weighted by atomic mass is 9.43. The largest absolute Gasteiger partial charge is 0.427 e. The van der Waals surface area contributed by atoms with Gasteiger partial charge in [-0.1, -0.05) is 122 Å². The zero-order valence-corrected chi connectivity index (χ0v) is 47.0. The standard InChI is InChI=1S/C71H74N4O5/c1-40-7-14-44(15-8-40)65-54-26-28-56(72-54)66(45-16-9-41(2)10-17-45)58-30-32-60(74-58)68(61-33-31-59(75-61)67(57-29-27-55(65)73-57)46-18-11-42(3)12-19-46)47-20-22-50(23-21-47)80-64(79)34-13-43(4)51-24-25-52-69-53(39-63(78)71(51,52)6)70(5)36-35-49(76)37-48(70)38-62(69)77/h7-12,14-23,26-33,43,48-49,51-53,62-63,69,72,75-78H,13,24-25,34-39H2,1-6H3/t43-,48+,49-,51-,52+,53+,62-,63+,69+,70+,71-/m1/s1. The van der Waals surface area contributed by atoms with Crippen LogP contribution >= 0.6 is 0 Å². The highest BCUT2D eigenvalue weighted by Gasteiger charge is 2.65. The van der Waals surface area contributed by atoms with Crippen molar-refractivity contribution in [2.75, 3.05) is 0 Å². The molecule has 4 fully saturated rings. The Hall–Kier alpha value is -7.17. The maximum atomic E-state index is 13.8. The number of ether oxygens (including phenoxy) is 1. The van der Waals surface area contributed by atoms with Gasteiger partial charge < -0.3 is 30.0 Å². The summed E-state index contributed by atoms with van der Waals surface area (Å²) in [7, 11) is 0. The van der Waals surface area contributed by atoms with Crippen LogP contribution < -0.4 is 4.74 Å². The second-order valence-corrected chi connectivity index (χ2v) is 25.1. The molecule has 13 rings (SSSR count). The monoisotopic (exact) mass is 1060 g/mol. The molecule has 4 aliphatic carbocycles. The van der Waals surface area contributed by atoms with E-state index in [2.05, 4.69) is 173 Å². The van der Waals surface area contributed by atoms with Crippen LogP contribution in [-0.2, 0) is 4.79 Å². The lowest BCUT2D eigenvalue weighted by Gasteiger charge is -2.63. The van der Waals surface area contributed by atoms with E-state index in [1.807, 2.05) is 24.3 Å². The Balaban J connectivity index is 0.839. The number of nitrogens with zero attached hydrogens (tertiary/aromatic N) is 2. The fourth-order valence-corrected chi connectivity index (χ4v) is 16.1. The topological polar surface area (TPSA) is 144 Å². The third-order valence-electron chi connectivity index (χ3n) is 20.5. The van der Waals surface area contributed by atoms with Crippen molar-refractivity contribution in [2.45, 2.75) is 118 Å². The molecule has 3 aromatic heterocycles. The van der Waals surface area contributed by atoms with E-state index >= 15 is 0 Å². The minimum atomic E-state index is -0.472. The summed E-state index contributed by atoms with van der Waals surface area (Å²) < 4.78 is 6.11. The summed E-state index contributed by atoms with van der Waals surface area (Å²) in [6.45, 7) is 13.2. The molecular formula is C71H74N4O5. The number of hydrogen-bond acceptors (Lipinski definition) is 7. The Labute approximate surface area is 470 Å². The van der Waals surface area contributed by atoms with E-state index in [0.29, 0.717) is 18.6 Å². The van der Waals surface area contributed by atoms with E-state index in [1.54, 1.807) is 0 Å². The maximum absolute atomic E-state index is 13.8. The number of aromatic amines is 2. The van der Waals surface area contributed by atoms with Crippen molar-refractivity contribution in [3.63, 3.8) is 0 Å². The van der Waals surface area contributed by atoms with Crippen molar-refractivity contribution in [3.05, 3.63) is 161 Å². The Morgan fingerprint density at radius 2 is 1.01 bits per heavy atom. The molecule has 9 nitrogen and oxygen atoms in total. The first-order chi connectivity index (χ1) is 38.6. The lowest BCUT2D eigenvalue weighted by Crippen LogP contribution is -2.62. The van der Waals surface area contributed by atoms with Crippen molar-refractivity contribution >= 4 is 52.3 Å². The van der Waals surface area contributed by atoms with Gasteiger partial charge in [0.15, 0.2) is 0 Å². The number of carbonyl (C=O) groups is 1. The van der Waals surface area contributed by atoms with Crippen molar-refractivity contribution < 1.29 is 24.9 Å². The van der Waals surface area contributed by atoms with Gasteiger partial charge >= 0.3 is 5.97 Å². The van der Waals surface area contributed by atoms with Gasteiger partial charge in [-0.2, -0.15) is 0 Å². The molecule has 0 amide bonds. The first-order valence-corrected chi connectivity index (χ1v) is 29.4. The van der Waals surface area contributed by atoms with E-state index in [9.17, 15) is 20.1 Å². The zero-order valence-electron chi connectivity index (χ0n) is 47.0. The number of esters is 1. The fourth-order valence-electron chi connectivity index (χ4n) is 16.1. The van der Waals surface area contributed by atoms with Gasteiger partial charge in [0.2, 0.25) is 0 Å². The number of H-pyrrole nitrogens is 2. The van der Waals surface area contributed by atoms with Gasteiger partial charge in [-0.05, 0) is 201 Å². The summed E-state index contributed by atoms with van der Waals surface area (Å²) in [6.07, 6.45) is 14.1. The molecular weight excluding hydrogens is 989 g/mol. The quantitative estimate of drug-likeness (QED) is 0.0715. The Bertz CT molecular complexity index is 3720. The summed E-state index contributed by atoms with van der Waals surface area (Å²) in [5.74, 6) is 1.53. The van der Waals surface area contributed by atoms with Gasteiger partial charge in [0.05, 0.1) is 41.1 Å². The first kappa shape index (κ1) is 52.2. The SMILES string of the molecule is Cc1ccc(-c2c3nc(c(-c4ccc(C)cc4)c4ccc([nH]4)c(-c4ccc(OC(=O)CC[C@@H](C)[C@H]5CC[C@H]6[C@@H]7[C@H](O)C[C@@H]8C[C@H](O)CC[C@]8(C)[C@H]7C[C@H](O)[C@]56C)cc4)c4nc(c(-c5ccc(C)cc5)c5ccc2[nH]5)C=C4)C=C3)cc1. The smallest absolute Gasteiger partial charge is 0.311 e. The van der Waals surface area contributed by atoms with Crippen LogP contribution in [0.25, 0.3) is 90.9 Å². The number of aryl methyl sites for hydroxylation is 3. The van der Waals surface area contributed by atoms with Gasteiger partial charge in [-0.3, -0.25) is 4.79 Å². The zero-order chi connectivity index (χ0) is 55.2. The molecule has 8 bridgehead atoms. The van der Waals surface area contributed by atoms with Gasteiger partial charge in [0.25, 0.3) is 0 Å². The minimum absolute atomic E-state index is 0.0278. The Kier molecular flexibility index (Phi) is 13.3. The van der Waals surface area contributed by atoms with E-state index < -0.39 is 12.2 Å². The molecule has 0 radical (unpaired) electrons. The third kappa shape index (κ3) is 9.10. The van der Waals surface area contributed by atoms with Crippen LogP contribution in [0, 0.1) is 67.1 Å². The molecule has 6 aliphatic rings. The van der Waals surface area contributed by atoms with E-state index in [0.717, 1.165) is 128 Å². The fraction of sp³-hybridized carbons (Fsp3) is 0.366. The summed E-state index contributed by atoms with van der Waals surface area (Å²) in [5, 5.41) is 34.6. The normalized spacial score (nSPS) is 27.1. The molecule has 0 unspecified atom stereocenters. The number of carbonyl (C=O) groups excluding carboxylic acids is 1. The van der Waals surface area contributed by atoms with Crippen molar-refractivity contribution in [1.82, 2.24) is 19.9 Å². The van der Waals surface area contributed by atoms with Crippen LogP contribution in [-0.4, -0.2) is 59.5 Å². The van der Waals surface area contributed by atoms with Gasteiger partial charge in [-0.25, -0.2) is 9.97 Å². The number of aromatic nitrogens is 4. The average molecular weight is 1060 g/mol. The molecule has 9 heteroatoms.